The number of hydrogen-bond acceptors (Lipinski definition) is 3. The van der Waals surface area contributed by atoms with E-state index in [4.69, 9.17) is 4.74 Å². The Morgan fingerprint density at radius 1 is 1.14 bits per heavy atom. The summed E-state index contributed by atoms with van der Waals surface area (Å²) in [6.45, 7) is 4.95. The molecule has 0 aliphatic heterocycles. The number of alkyl halides is 2. The van der Waals surface area contributed by atoms with Crippen LogP contribution in [0.25, 0.3) is 0 Å². The average Bonchev–Trinajstić information content (AvgIpc) is 2.44. The third kappa shape index (κ3) is 7.97. The Hall–Kier alpha value is -1.20. The van der Waals surface area contributed by atoms with Crippen molar-refractivity contribution in [1.82, 2.24) is 5.32 Å². The fourth-order valence-electron chi connectivity index (χ4n) is 2.03. The first kappa shape index (κ1) is 17.9. The van der Waals surface area contributed by atoms with Crippen LogP contribution in [0.1, 0.15) is 32.8 Å². The van der Waals surface area contributed by atoms with E-state index in [2.05, 4.69) is 17.0 Å². The topological polar surface area (TPSA) is 30.5 Å². The van der Waals surface area contributed by atoms with E-state index in [0.29, 0.717) is 6.04 Å². The molecule has 0 bridgehead atoms. The van der Waals surface area contributed by atoms with Gasteiger partial charge in [0.25, 0.3) is 0 Å². The number of halogens is 2. The smallest absolute Gasteiger partial charge is 0.387 e. The fourth-order valence-corrected chi connectivity index (χ4v) is 2.03. The number of nitrogens with one attached hydrogen (secondary N) is 1. The zero-order valence-corrected chi connectivity index (χ0v) is 12.9. The van der Waals surface area contributed by atoms with E-state index >= 15 is 0 Å². The molecule has 3 nitrogen and oxygen atoms in total. The molecule has 0 heterocycles. The van der Waals surface area contributed by atoms with Gasteiger partial charge in [0.1, 0.15) is 5.75 Å². The highest BCUT2D eigenvalue weighted by atomic mass is 19.3. The fraction of sp³-hybridized carbons (Fsp3) is 0.625. The SMILES string of the molecule is CCOC(C)CNC(C)CCc1ccc(OC(F)F)cc1. The Bertz CT molecular complexity index is 384. The van der Waals surface area contributed by atoms with Gasteiger partial charge in [0.2, 0.25) is 0 Å². The Kier molecular flexibility index (Phi) is 8.23. The lowest BCUT2D eigenvalue weighted by atomic mass is 10.1. The largest absolute Gasteiger partial charge is 0.435 e. The molecule has 0 radical (unpaired) electrons. The van der Waals surface area contributed by atoms with Gasteiger partial charge < -0.3 is 14.8 Å². The van der Waals surface area contributed by atoms with Crippen molar-refractivity contribution in [3.05, 3.63) is 29.8 Å². The standard InChI is InChI=1S/C16H25F2NO2/c1-4-20-13(3)11-19-12(2)5-6-14-7-9-15(10-8-14)21-16(17)18/h7-10,12-13,16,19H,4-6,11H2,1-3H3. The first-order valence-electron chi connectivity index (χ1n) is 7.40. The quantitative estimate of drug-likeness (QED) is 0.716. The summed E-state index contributed by atoms with van der Waals surface area (Å²) < 4.78 is 33.9. The summed E-state index contributed by atoms with van der Waals surface area (Å²) in [7, 11) is 0. The molecule has 2 unspecified atom stereocenters. The van der Waals surface area contributed by atoms with Gasteiger partial charge in [-0.25, -0.2) is 0 Å². The maximum atomic E-state index is 12.0. The summed E-state index contributed by atoms with van der Waals surface area (Å²) in [6, 6.07) is 7.19. The molecule has 120 valence electrons. The molecule has 2 atom stereocenters. The number of rotatable bonds is 10. The molecule has 5 heteroatoms. The Morgan fingerprint density at radius 2 is 1.81 bits per heavy atom. The van der Waals surface area contributed by atoms with Gasteiger partial charge in [-0.3, -0.25) is 0 Å². The van der Waals surface area contributed by atoms with Gasteiger partial charge in [-0.15, -0.1) is 0 Å². The molecule has 0 aliphatic rings. The van der Waals surface area contributed by atoms with Gasteiger partial charge in [0.05, 0.1) is 6.10 Å². The molecular weight excluding hydrogens is 276 g/mol. The minimum absolute atomic E-state index is 0.200. The molecule has 0 fully saturated rings. The first-order valence-corrected chi connectivity index (χ1v) is 7.40. The normalized spacial score (nSPS) is 14.2. The van der Waals surface area contributed by atoms with Crippen LogP contribution in [-0.2, 0) is 11.2 Å². The maximum Gasteiger partial charge on any atom is 0.387 e. The van der Waals surface area contributed by atoms with E-state index in [9.17, 15) is 8.78 Å². The van der Waals surface area contributed by atoms with Crippen LogP contribution >= 0.6 is 0 Å². The van der Waals surface area contributed by atoms with Crippen LogP contribution in [0.15, 0.2) is 24.3 Å². The lowest BCUT2D eigenvalue weighted by molar-refractivity contribution is -0.0498. The predicted molar refractivity (Wildman–Crippen MR) is 79.9 cm³/mol. The van der Waals surface area contributed by atoms with Gasteiger partial charge in [-0.05, 0) is 51.3 Å². The van der Waals surface area contributed by atoms with Crippen molar-refractivity contribution >= 4 is 0 Å². The van der Waals surface area contributed by atoms with E-state index in [1.807, 2.05) is 26.0 Å². The minimum atomic E-state index is -2.77. The molecule has 1 aromatic rings. The first-order chi connectivity index (χ1) is 10.0. The number of aryl methyl sites for hydroxylation is 1. The highest BCUT2D eigenvalue weighted by Crippen LogP contribution is 2.16. The zero-order chi connectivity index (χ0) is 15.7. The summed E-state index contributed by atoms with van der Waals surface area (Å²) in [6.07, 6.45) is 2.09. The second kappa shape index (κ2) is 9.68. The van der Waals surface area contributed by atoms with Crippen LogP contribution in [-0.4, -0.2) is 31.9 Å². The zero-order valence-electron chi connectivity index (χ0n) is 12.9. The third-order valence-electron chi connectivity index (χ3n) is 3.22. The van der Waals surface area contributed by atoms with Gasteiger partial charge in [0, 0.05) is 19.2 Å². The summed E-state index contributed by atoms with van der Waals surface area (Å²) >= 11 is 0. The van der Waals surface area contributed by atoms with Crippen molar-refractivity contribution in [2.24, 2.45) is 0 Å². The predicted octanol–water partition coefficient (Wildman–Crippen LogP) is 3.62. The highest BCUT2D eigenvalue weighted by Gasteiger charge is 2.07. The Balaban J connectivity index is 2.27. The molecule has 0 saturated carbocycles. The molecule has 21 heavy (non-hydrogen) atoms. The summed E-state index contributed by atoms with van der Waals surface area (Å²) in [5.74, 6) is 0.200. The summed E-state index contributed by atoms with van der Waals surface area (Å²) in [5, 5.41) is 3.43. The van der Waals surface area contributed by atoms with Crippen molar-refractivity contribution in [3.8, 4) is 5.75 Å². The summed E-state index contributed by atoms with van der Waals surface area (Å²) in [5.41, 5.74) is 1.11. The molecule has 1 rings (SSSR count). The number of hydrogen-bond donors (Lipinski definition) is 1. The van der Waals surface area contributed by atoms with Crippen LogP contribution in [0.2, 0.25) is 0 Å². The van der Waals surface area contributed by atoms with Gasteiger partial charge in [0.15, 0.2) is 0 Å². The highest BCUT2D eigenvalue weighted by molar-refractivity contribution is 5.27. The summed E-state index contributed by atoms with van der Waals surface area (Å²) in [4.78, 5) is 0. The molecule has 0 aliphatic carbocycles. The molecule has 0 spiro atoms. The van der Waals surface area contributed by atoms with Crippen LogP contribution in [0.4, 0.5) is 8.78 Å². The van der Waals surface area contributed by atoms with Crippen molar-refractivity contribution in [2.45, 2.75) is 52.4 Å². The maximum absolute atomic E-state index is 12.0. The van der Waals surface area contributed by atoms with Gasteiger partial charge in [-0.2, -0.15) is 8.78 Å². The van der Waals surface area contributed by atoms with Crippen molar-refractivity contribution < 1.29 is 18.3 Å². The molecule has 1 aromatic carbocycles. The Labute approximate surface area is 125 Å². The van der Waals surface area contributed by atoms with E-state index in [-0.39, 0.29) is 11.9 Å². The van der Waals surface area contributed by atoms with Crippen molar-refractivity contribution in [3.63, 3.8) is 0 Å². The monoisotopic (exact) mass is 301 g/mol. The number of benzene rings is 1. The minimum Gasteiger partial charge on any atom is -0.435 e. The van der Waals surface area contributed by atoms with Crippen LogP contribution in [0.5, 0.6) is 5.75 Å². The van der Waals surface area contributed by atoms with E-state index in [0.717, 1.165) is 31.6 Å². The lowest BCUT2D eigenvalue weighted by Crippen LogP contribution is -2.34. The van der Waals surface area contributed by atoms with Gasteiger partial charge >= 0.3 is 6.61 Å². The third-order valence-corrected chi connectivity index (χ3v) is 3.22. The van der Waals surface area contributed by atoms with E-state index in [1.54, 1.807) is 12.1 Å². The second-order valence-corrected chi connectivity index (χ2v) is 5.14. The average molecular weight is 301 g/mol. The lowest BCUT2D eigenvalue weighted by Gasteiger charge is -2.17. The van der Waals surface area contributed by atoms with E-state index in [1.165, 1.54) is 0 Å². The van der Waals surface area contributed by atoms with Crippen LogP contribution < -0.4 is 10.1 Å². The molecule has 0 aromatic heterocycles. The van der Waals surface area contributed by atoms with Crippen molar-refractivity contribution in [2.75, 3.05) is 13.2 Å². The van der Waals surface area contributed by atoms with Gasteiger partial charge in [-0.1, -0.05) is 12.1 Å². The molecule has 0 amide bonds. The number of ether oxygens (including phenoxy) is 2. The van der Waals surface area contributed by atoms with Crippen LogP contribution in [0.3, 0.4) is 0 Å². The molecule has 0 saturated heterocycles. The molecule has 1 N–H and O–H groups in total. The second-order valence-electron chi connectivity index (χ2n) is 5.14. The van der Waals surface area contributed by atoms with Crippen LogP contribution in [0, 0.1) is 0 Å². The van der Waals surface area contributed by atoms with E-state index < -0.39 is 6.61 Å². The van der Waals surface area contributed by atoms with Crippen molar-refractivity contribution in [1.29, 1.82) is 0 Å². The molecular formula is C16H25F2NO2. The Morgan fingerprint density at radius 3 is 2.38 bits per heavy atom.